The topological polar surface area (TPSA) is 12.0 Å². The first-order valence-electron chi connectivity index (χ1n) is 4.64. The van der Waals surface area contributed by atoms with E-state index in [4.69, 9.17) is 0 Å². The van der Waals surface area contributed by atoms with E-state index in [0.29, 0.717) is 14.5 Å². The van der Waals surface area contributed by atoms with Crippen LogP contribution in [-0.4, -0.2) is 21.0 Å². The van der Waals surface area contributed by atoms with Crippen LogP contribution >= 0.6 is 0 Å². The third kappa shape index (κ3) is 1.18. The first-order chi connectivity index (χ1) is 6.45. The molecule has 2 heterocycles. The van der Waals surface area contributed by atoms with Crippen LogP contribution in [0.2, 0.25) is 0 Å². The second-order valence-corrected chi connectivity index (χ2v) is 5.39. The fourth-order valence-corrected chi connectivity index (χ4v) is 4.20. The first kappa shape index (κ1) is 7.81. The molecule has 2 aromatic rings. The molecule has 0 bridgehead atoms. The summed E-state index contributed by atoms with van der Waals surface area (Å²) >= 11 is 0.609. The van der Waals surface area contributed by atoms with E-state index in [0.717, 1.165) is 13.1 Å². The Bertz CT molecular complexity index is 444. The average molecular weight is 236 g/mol. The molecular weight excluding hydrogens is 225 g/mol. The molecule has 3 rings (SSSR count). The summed E-state index contributed by atoms with van der Waals surface area (Å²) in [7, 11) is 0. The van der Waals surface area contributed by atoms with Crippen molar-refractivity contribution in [3.8, 4) is 0 Å². The summed E-state index contributed by atoms with van der Waals surface area (Å²) in [4.78, 5) is 2.45. The standard InChI is InChI=1S/C11H11NSe/c1-2-8-6-12-5-4-9-7-13-10(3-1)11(8)9/h1-3,7,12H,4-6H2. The molecule has 1 aromatic carbocycles. The van der Waals surface area contributed by atoms with Gasteiger partial charge in [-0.2, -0.15) is 0 Å². The van der Waals surface area contributed by atoms with Gasteiger partial charge in [0.15, 0.2) is 0 Å². The summed E-state index contributed by atoms with van der Waals surface area (Å²) in [5.41, 5.74) is 3.09. The molecule has 0 radical (unpaired) electrons. The number of rotatable bonds is 0. The summed E-state index contributed by atoms with van der Waals surface area (Å²) in [6.45, 7) is 2.19. The van der Waals surface area contributed by atoms with Crippen molar-refractivity contribution in [2.75, 3.05) is 6.54 Å². The van der Waals surface area contributed by atoms with Gasteiger partial charge in [-0.15, -0.1) is 0 Å². The second-order valence-electron chi connectivity index (χ2n) is 3.48. The summed E-state index contributed by atoms with van der Waals surface area (Å²) in [6, 6.07) is 6.74. The van der Waals surface area contributed by atoms with Crippen molar-refractivity contribution < 1.29 is 0 Å². The van der Waals surface area contributed by atoms with Crippen LogP contribution in [0.15, 0.2) is 23.1 Å². The molecule has 1 aromatic heterocycles. The van der Waals surface area contributed by atoms with Gasteiger partial charge in [-0.05, 0) is 0 Å². The fourth-order valence-electron chi connectivity index (χ4n) is 2.01. The summed E-state index contributed by atoms with van der Waals surface area (Å²) < 4.78 is 1.59. The minimum atomic E-state index is 0.609. The molecule has 1 aliphatic heterocycles. The quantitative estimate of drug-likeness (QED) is 0.684. The van der Waals surface area contributed by atoms with Gasteiger partial charge >= 0.3 is 83.2 Å². The van der Waals surface area contributed by atoms with Crippen LogP contribution in [0, 0.1) is 0 Å². The van der Waals surface area contributed by atoms with Gasteiger partial charge in [-0.25, -0.2) is 0 Å². The SMILES string of the molecule is c1cc2c3c(c[se]c3c1)CCNC2. The van der Waals surface area contributed by atoms with E-state index in [1.54, 1.807) is 15.2 Å². The van der Waals surface area contributed by atoms with Gasteiger partial charge in [0.05, 0.1) is 0 Å². The Morgan fingerprint density at radius 1 is 1.23 bits per heavy atom. The molecule has 0 atom stereocenters. The minimum absolute atomic E-state index is 0.609. The Labute approximate surface area is 83.5 Å². The number of benzene rings is 1. The number of hydrogen-bond acceptors (Lipinski definition) is 1. The zero-order chi connectivity index (χ0) is 8.67. The Balaban J connectivity index is 2.40. The molecule has 1 N–H and O–H groups in total. The molecule has 2 heteroatoms. The molecule has 0 amide bonds. The fraction of sp³-hybridized carbons (Fsp3) is 0.273. The first-order valence-corrected chi connectivity index (χ1v) is 6.48. The van der Waals surface area contributed by atoms with Gasteiger partial charge in [-0.1, -0.05) is 0 Å². The van der Waals surface area contributed by atoms with Crippen LogP contribution in [0.5, 0.6) is 0 Å². The second kappa shape index (κ2) is 2.98. The molecule has 0 spiro atoms. The molecule has 0 aliphatic carbocycles. The Morgan fingerprint density at radius 3 is 3.23 bits per heavy atom. The van der Waals surface area contributed by atoms with Crippen LogP contribution in [0.1, 0.15) is 11.1 Å². The van der Waals surface area contributed by atoms with Gasteiger partial charge in [0.1, 0.15) is 0 Å². The molecule has 0 unspecified atom stereocenters. The van der Waals surface area contributed by atoms with E-state index in [-0.39, 0.29) is 0 Å². The van der Waals surface area contributed by atoms with Gasteiger partial charge < -0.3 is 0 Å². The van der Waals surface area contributed by atoms with Gasteiger partial charge in [0.2, 0.25) is 0 Å². The van der Waals surface area contributed by atoms with Crippen molar-refractivity contribution >= 4 is 24.1 Å². The molecule has 66 valence electrons. The summed E-state index contributed by atoms with van der Waals surface area (Å²) in [6.07, 6.45) is 1.21. The van der Waals surface area contributed by atoms with Gasteiger partial charge in [0, 0.05) is 0 Å². The number of hydrogen-bond donors (Lipinski definition) is 1. The molecule has 0 saturated heterocycles. The zero-order valence-electron chi connectivity index (χ0n) is 7.34. The Hall–Kier alpha value is -0.561. The van der Waals surface area contributed by atoms with Crippen molar-refractivity contribution in [1.29, 1.82) is 0 Å². The predicted octanol–water partition coefficient (Wildman–Crippen LogP) is 1.54. The van der Waals surface area contributed by atoms with Crippen molar-refractivity contribution in [3.63, 3.8) is 0 Å². The summed E-state index contributed by atoms with van der Waals surface area (Å²) in [5, 5.41) is 5.04. The van der Waals surface area contributed by atoms with E-state index in [1.807, 2.05) is 0 Å². The predicted molar refractivity (Wildman–Crippen MR) is 56.3 cm³/mol. The molecular formula is C11H11NSe. The van der Waals surface area contributed by atoms with E-state index >= 15 is 0 Å². The molecule has 0 fully saturated rings. The van der Waals surface area contributed by atoms with Crippen LogP contribution in [0.3, 0.4) is 0 Å². The Kier molecular flexibility index (Phi) is 1.79. The zero-order valence-corrected chi connectivity index (χ0v) is 9.05. The average Bonchev–Trinajstić information content (AvgIpc) is 2.44. The number of nitrogens with one attached hydrogen (secondary N) is 1. The van der Waals surface area contributed by atoms with Gasteiger partial charge in [-0.3, -0.25) is 0 Å². The molecule has 1 aliphatic rings. The van der Waals surface area contributed by atoms with Crippen LogP contribution < -0.4 is 5.32 Å². The van der Waals surface area contributed by atoms with Crippen molar-refractivity contribution in [1.82, 2.24) is 5.32 Å². The van der Waals surface area contributed by atoms with Crippen molar-refractivity contribution in [2.45, 2.75) is 13.0 Å². The van der Waals surface area contributed by atoms with Crippen molar-refractivity contribution in [2.24, 2.45) is 0 Å². The van der Waals surface area contributed by atoms with E-state index < -0.39 is 0 Å². The summed E-state index contributed by atoms with van der Waals surface area (Å²) in [5.74, 6) is 0. The van der Waals surface area contributed by atoms with Crippen LogP contribution in [0.25, 0.3) is 9.65 Å². The maximum atomic E-state index is 3.46. The van der Waals surface area contributed by atoms with E-state index in [9.17, 15) is 0 Å². The van der Waals surface area contributed by atoms with Crippen LogP contribution in [-0.2, 0) is 13.0 Å². The Morgan fingerprint density at radius 2 is 2.23 bits per heavy atom. The third-order valence-electron chi connectivity index (χ3n) is 2.65. The third-order valence-corrected chi connectivity index (χ3v) is 4.74. The van der Waals surface area contributed by atoms with E-state index in [1.165, 1.54) is 12.0 Å². The van der Waals surface area contributed by atoms with E-state index in [2.05, 4.69) is 28.5 Å². The normalized spacial score (nSPS) is 16.0. The van der Waals surface area contributed by atoms with Gasteiger partial charge in [0.25, 0.3) is 0 Å². The molecule has 1 nitrogen and oxygen atoms in total. The molecule has 13 heavy (non-hydrogen) atoms. The maximum absolute atomic E-state index is 3.46. The molecule has 0 saturated carbocycles. The monoisotopic (exact) mass is 237 g/mol. The van der Waals surface area contributed by atoms with Crippen molar-refractivity contribution in [3.05, 3.63) is 34.3 Å². The van der Waals surface area contributed by atoms with Crippen LogP contribution in [0.4, 0.5) is 0 Å².